The summed E-state index contributed by atoms with van der Waals surface area (Å²) in [6.45, 7) is 0.765. The first-order chi connectivity index (χ1) is 6.08. The van der Waals surface area contributed by atoms with E-state index in [4.69, 9.17) is 24.8 Å². The third-order valence-corrected chi connectivity index (χ3v) is 1.88. The van der Waals surface area contributed by atoms with E-state index in [0.29, 0.717) is 6.61 Å². The minimum absolute atomic E-state index is 0.0775. The molecule has 1 aliphatic rings. The van der Waals surface area contributed by atoms with Crippen molar-refractivity contribution in [2.24, 2.45) is 0 Å². The van der Waals surface area contributed by atoms with Crippen LogP contribution < -0.4 is 0 Å². The summed E-state index contributed by atoms with van der Waals surface area (Å²) in [7, 11) is 0. The molecule has 3 N–H and O–H groups in total. The second kappa shape index (κ2) is 4.88. The smallest absolute Gasteiger partial charge is 0.277 e. The Kier molecular flexibility index (Phi) is 4.08. The minimum atomic E-state index is -2.63. The van der Waals surface area contributed by atoms with Crippen molar-refractivity contribution < 1.29 is 24.8 Å². The Morgan fingerprint density at radius 2 is 2.08 bits per heavy atom. The van der Waals surface area contributed by atoms with Crippen molar-refractivity contribution in [1.29, 1.82) is 0 Å². The first-order valence-corrected chi connectivity index (χ1v) is 4.48. The van der Waals surface area contributed by atoms with E-state index >= 15 is 0 Å². The van der Waals surface area contributed by atoms with Crippen molar-refractivity contribution in [1.82, 2.24) is 0 Å². The van der Waals surface area contributed by atoms with E-state index in [0.717, 1.165) is 19.3 Å². The highest BCUT2D eigenvalue weighted by molar-refractivity contribution is 4.55. The van der Waals surface area contributed by atoms with Crippen LogP contribution in [0.4, 0.5) is 0 Å². The lowest BCUT2D eigenvalue weighted by Gasteiger charge is -2.23. The van der Waals surface area contributed by atoms with Gasteiger partial charge in [-0.25, -0.2) is 0 Å². The molecule has 0 saturated carbocycles. The van der Waals surface area contributed by atoms with Crippen LogP contribution in [0.15, 0.2) is 0 Å². The monoisotopic (exact) mass is 192 g/mol. The van der Waals surface area contributed by atoms with Crippen LogP contribution in [0.3, 0.4) is 0 Å². The first kappa shape index (κ1) is 10.9. The number of hydrogen-bond acceptors (Lipinski definition) is 5. The first-order valence-electron chi connectivity index (χ1n) is 4.48. The fourth-order valence-electron chi connectivity index (χ4n) is 1.17. The molecule has 5 heteroatoms. The van der Waals surface area contributed by atoms with Crippen LogP contribution in [0.5, 0.6) is 0 Å². The normalized spacial score (nSPS) is 24.7. The molecule has 0 aliphatic carbocycles. The predicted octanol–water partition coefficient (Wildman–Crippen LogP) is -0.450. The lowest BCUT2D eigenvalue weighted by molar-refractivity contribution is -0.321. The van der Waals surface area contributed by atoms with Gasteiger partial charge in [0.1, 0.15) is 0 Å². The summed E-state index contributed by atoms with van der Waals surface area (Å²) in [5, 5.41) is 25.6. The molecule has 1 aliphatic heterocycles. The van der Waals surface area contributed by atoms with Crippen LogP contribution in [0.25, 0.3) is 0 Å². The van der Waals surface area contributed by atoms with Gasteiger partial charge < -0.3 is 24.8 Å². The van der Waals surface area contributed by atoms with Gasteiger partial charge in [0.15, 0.2) is 6.29 Å². The maximum Gasteiger partial charge on any atom is 0.277 e. The molecule has 1 unspecified atom stereocenters. The van der Waals surface area contributed by atoms with Gasteiger partial charge in [0.2, 0.25) is 0 Å². The molecule has 0 amide bonds. The average Bonchev–Trinajstić information content (AvgIpc) is 2.04. The van der Waals surface area contributed by atoms with Crippen molar-refractivity contribution in [3.05, 3.63) is 0 Å². The van der Waals surface area contributed by atoms with E-state index in [1.807, 2.05) is 0 Å². The quantitative estimate of drug-likeness (QED) is 0.526. The standard InChI is InChI=1S/C8H16O5/c9-8(10,11)4-6-13-7-3-1-2-5-12-7/h7,9-11H,1-6H2. The average molecular weight is 192 g/mol. The Morgan fingerprint density at radius 1 is 1.31 bits per heavy atom. The summed E-state index contributed by atoms with van der Waals surface area (Å²) >= 11 is 0. The number of hydrogen-bond donors (Lipinski definition) is 3. The lowest BCUT2D eigenvalue weighted by Crippen LogP contribution is -2.31. The molecular weight excluding hydrogens is 176 g/mol. The molecule has 0 bridgehead atoms. The van der Waals surface area contributed by atoms with Crippen molar-refractivity contribution in [2.75, 3.05) is 13.2 Å². The van der Waals surface area contributed by atoms with E-state index in [2.05, 4.69) is 0 Å². The predicted molar refractivity (Wildman–Crippen MR) is 43.5 cm³/mol. The Morgan fingerprint density at radius 3 is 2.62 bits per heavy atom. The summed E-state index contributed by atoms with van der Waals surface area (Å²) in [5.41, 5.74) is 0. The molecule has 0 aromatic rings. The minimum Gasteiger partial charge on any atom is -0.353 e. The number of aliphatic hydroxyl groups is 3. The van der Waals surface area contributed by atoms with Crippen LogP contribution in [-0.4, -0.2) is 40.8 Å². The van der Waals surface area contributed by atoms with Crippen LogP contribution in [0, 0.1) is 0 Å². The van der Waals surface area contributed by atoms with Gasteiger partial charge >= 0.3 is 0 Å². The second-order valence-corrected chi connectivity index (χ2v) is 3.19. The zero-order valence-electron chi connectivity index (χ0n) is 7.48. The van der Waals surface area contributed by atoms with Crippen LogP contribution in [0.1, 0.15) is 25.7 Å². The Hall–Kier alpha value is -0.200. The summed E-state index contributed by atoms with van der Waals surface area (Å²) in [5.74, 6) is -2.63. The third kappa shape index (κ3) is 5.17. The highest BCUT2D eigenvalue weighted by Crippen LogP contribution is 2.14. The molecule has 0 aromatic carbocycles. The molecule has 0 aromatic heterocycles. The fraction of sp³-hybridized carbons (Fsp3) is 1.00. The van der Waals surface area contributed by atoms with E-state index in [9.17, 15) is 0 Å². The van der Waals surface area contributed by atoms with Gasteiger partial charge in [-0.15, -0.1) is 0 Å². The topological polar surface area (TPSA) is 79.2 Å². The molecule has 1 saturated heterocycles. The van der Waals surface area contributed by atoms with Gasteiger partial charge in [-0.3, -0.25) is 0 Å². The molecular formula is C8H16O5. The van der Waals surface area contributed by atoms with Crippen molar-refractivity contribution in [2.45, 2.75) is 37.9 Å². The Labute approximate surface area is 76.9 Å². The molecule has 1 fully saturated rings. The van der Waals surface area contributed by atoms with Gasteiger partial charge in [-0.1, -0.05) is 0 Å². The summed E-state index contributed by atoms with van der Waals surface area (Å²) in [6, 6.07) is 0. The molecule has 0 radical (unpaired) electrons. The third-order valence-electron chi connectivity index (χ3n) is 1.88. The van der Waals surface area contributed by atoms with E-state index in [-0.39, 0.29) is 19.3 Å². The van der Waals surface area contributed by atoms with E-state index < -0.39 is 5.97 Å². The summed E-state index contributed by atoms with van der Waals surface area (Å²) < 4.78 is 10.4. The highest BCUT2D eigenvalue weighted by atomic mass is 16.7. The molecule has 1 atom stereocenters. The fourth-order valence-corrected chi connectivity index (χ4v) is 1.17. The maximum absolute atomic E-state index is 8.54. The Balaban J connectivity index is 2.04. The van der Waals surface area contributed by atoms with Crippen molar-refractivity contribution in [3.63, 3.8) is 0 Å². The largest absolute Gasteiger partial charge is 0.353 e. The van der Waals surface area contributed by atoms with Crippen molar-refractivity contribution in [3.8, 4) is 0 Å². The molecule has 5 nitrogen and oxygen atoms in total. The van der Waals surface area contributed by atoms with Crippen LogP contribution >= 0.6 is 0 Å². The molecule has 0 spiro atoms. The second-order valence-electron chi connectivity index (χ2n) is 3.19. The molecule has 78 valence electrons. The summed E-state index contributed by atoms with van der Waals surface area (Å²) in [6.07, 6.45) is 2.45. The molecule has 1 heterocycles. The van der Waals surface area contributed by atoms with Gasteiger partial charge in [0, 0.05) is 6.61 Å². The van der Waals surface area contributed by atoms with Crippen molar-refractivity contribution >= 4 is 0 Å². The SMILES string of the molecule is OC(O)(O)CCOC1CCCCO1. The lowest BCUT2D eigenvalue weighted by atomic mass is 10.2. The zero-order valence-corrected chi connectivity index (χ0v) is 7.48. The van der Waals surface area contributed by atoms with Gasteiger partial charge in [-0.05, 0) is 19.3 Å². The van der Waals surface area contributed by atoms with Gasteiger partial charge in [0.05, 0.1) is 13.0 Å². The van der Waals surface area contributed by atoms with Crippen LogP contribution in [0.2, 0.25) is 0 Å². The van der Waals surface area contributed by atoms with Crippen LogP contribution in [-0.2, 0) is 9.47 Å². The Bertz CT molecular complexity index is 136. The highest BCUT2D eigenvalue weighted by Gasteiger charge is 2.20. The number of rotatable bonds is 4. The zero-order chi connectivity index (χ0) is 9.73. The van der Waals surface area contributed by atoms with Gasteiger partial charge in [0.25, 0.3) is 5.97 Å². The maximum atomic E-state index is 8.54. The van der Waals surface area contributed by atoms with E-state index in [1.165, 1.54) is 0 Å². The molecule has 1 rings (SSSR count). The summed E-state index contributed by atoms with van der Waals surface area (Å²) in [4.78, 5) is 0. The van der Waals surface area contributed by atoms with Gasteiger partial charge in [-0.2, -0.15) is 0 Å². The van der Waals surface area contributed by atoms with E-state index in [1.54, 1.807) is 0 Å². The number of ether oxygens (including phenoxy) is 2. The molecule has 13 heavy (non-hydrogen) atoms.